The predicted molar refractivity (Wildman–Crippen MR) is 94.5 cm³/mol. The Morgan fingerprint density at radius 2 is 1.00 bits per heavy atom. The molecule has 0 aromatic carbocycles. The minimum atomic E-state index is 0.781. The minimum absolute atomic E-state index is 0.781. The number of hydrogen-bond donors (Lipinski definition) is 2. The maximum atomic E-state index is 3.46. The average Bonchev–Trinajstić information content (AvgIpc) is 2.38. The zero-order valence-corrected chi connectivity index (χ0v) is 15.2. The molecule has 2 nitrogen and oxygen atoms in total. The van der Waals surface area contributed by atoms with Crippen molar-refractivity contribution in [1.82, 2.24) is 10.6 Å². The molecule has 0 aliphatic carbocycles. The molecule has 0 aliphatic rings. The van der Waals surface area contributed by atoms with Gasteiger partial charge >= 0.3 is 0 Å². The molecule has 0 fully saturated rings. The van der Waals surface area contributed by atoms with Gasteiger partial charge in [0.2, 0.25) is 0 Å². The molecular formula is C18H42N2. The van der Waals surface area contributed by atoms with E-state index in [0.29, 0.717) is 0 Å². The SMILES string of the molecule is CC(C)CNCC(C)C.CCCCCNCCCCC. The van der Waals surface area contributed by atoms with Crippen LogP contribution in [-0.4, -0.2) is 26.2 Å². The van der Waals surface area contributed by atoms with Gasteiger partial charge in [0.05, 0.1) is 0 Å². The summed E-state index contributed by atoms with van der Waals surface area (Å²) in [7, 11) is 0. The van der Waals surface area contributed by atoms with Crippen LogP contribution in [0.4, 0.5) is 0 Å². The fraction of sp³-hybridized carbons (Fsp3) is 1.00. The van der Waals surface area contributed by atoms with Gasteiger partial charge in [-0.05, 0) is 50.9 Å². The van der Waals surface area contributed by atoms with Crippen molar-refractivity contribution in [2.24, 2.45) is 11.8 Å². The number of hydrogen-bond acceptors (Lipinski definition) is 2. The summed E-state index contributed by atoms with van der Waals surface area (Å²) < 4.78 is 0. The van der Waals surface area contributed by atoms with Gasteiger partial charge in [0.15, 0.2) is 0 Å². The van der Waals surface area contributed by atoms with Crippen LogP contribution in [0.3, 0.4) is 0 Å². The first-order valence-electron chi connectivity index (χ1n) is 8.95. The first-order chi connectivity index (χ1) is 9.54. The van der Waals surface area contributed by atoms with Crippen LogP contribution < -0.4 is 10.6 Å². The Bertz CT molecular complexity index is 139. The minimum Gasteiger partial charge on any atom is -0.317 e. The van der Waals surface area contributed by atoms with Crippen LogP contribution in [-0.2, 0) is 0 Å². The highest BCUT2D eigenvalue weighted by Gasteiger charge is 1.94. The molecule has 0 rings (SSSR count). The second kappa shape index (κ2) is 18.9. The molecule has 0 atom stereocenters. The summed E-state index contributed by atoms with van der Waals surface area (Å²) in [5.74, 6) is 1.56. The van der Waals surface area contributed by atoms with Crippen molar-refractivity contribution >= 4 is 0 Å². The maximum Gasteiger partial charge on any atom is -0.00257 e. The standard InChI is InChI=1S/C10H23N.C8H19N/c1-3-5-7-9-11-10-8-6-4-2;1-7(2)5-9-6-8(3)4/h11H,3-10H2,1-2H3;7-9H,5-6H2,1-4H3. The van der Waals surface area contributed by atoms with E-state index in [1.807, 2.05) is 0 Å². The van der Waals surface area contributed by atoms with Crippen molar-refractivity contribution in [3.05, 3.63) is 0 Å². The zero-order valence-electron chi connectivity index (χ0n) is 15.2. The first-order valence-corrected chi connectivity index (χ1v) is 8.95. The van der Waals surface area contributed by atoms with Gasteiger partial charge in [-0.25, -0.2) is 0 Å². The molecule has 0 aliphatic heterocycles. The van der Waals surface area contributed by atoms with Crippen molar-refractivity contribution in [3.63, 3.8) is 0 Å². The van der Waals surface area contributed by atoms with Gasteiger partial charge < -0.3 is 10.6 Å². The molecule has 0 aromatic rings. The lowest BCUT2D eigenvalue weighted by atomic mass is 10.2. The Morgan fingerprint density at radius 1 is 0.600 bits per heavy atom. The highest BCUT2D eigenvalue weighted by Crippen LogP contribution is 1.93. The molecule has 0 bridgehead atoms. The van der Waals surface area contributed by atoms with Gasteiger partial charge in [-0.3, -0.25) is 0 Å². The molecule has 0 saturated heterocycles. The quantitative estimate of drug-likeness (QED) is 0.501. The van der Waals surface area contributed by atoms with Gasteiger partial charge in [0.25, 0.3) is 0 Å². The largest absolute Gasteiger partial charge is 0.317 e. The van der Waals surface area contributed by atoms with Gasteiger partial charge in [-0.1, -0.05) is 67.2 Å². The molecule has 2 N–H and O–H groups in total. The van der Waals surface area contributed by atoms with Crippen LogP contribution in [0.15, 0.2) is 0 Å². The third-order valence-electron chi connectivity index (χ3n) is 3.02. The summed E-state index contributed by atoms with van der Waals surface area (Å²) >= 11 is 0. The molecular weight excluding hydrogens is 244 g/mol. The van der Waals surface area contributed by atoms with E-state index in [0.717, 1.165) is 24.9 Å². The Kier molecular flexibility index (Phi) is 21.0. The van der Waals surface area contributed by atoms with E-state index in [4.69, 9.17) is 0 Å². The molecule has 0 aromatic heterocycles. The lowest BCUT2D eigenvalue weighted by Crippen LogP contribution is -2.23. The Balaban J connectivity index is 0. The van der Waals surface area contributed by atoms with E-state index in [9.17, 15) is 0 Å². The lowest BCUT2D eigenvalue weighted by Gasteiger charge is -2.08. The molecule has 0 heterocycles. The molecule has 0 saturated carbocycles. The van der Waals surface area contributed by atoms with Gasteiger partial charge in [-0.15, -0.1) is 0 Å². The summed E-state index contributed by atoms with van der Waals surface area (Å²) in [4.78, 5) is 0. The maximum absolute atomic E-state index is 3.46. The summed E-state index contributed by atoms with van der Waals surface area (Å²) in [5.41, 5.74) is 0. The van der Waals surface area contributed by atoms with Gasteiger partial charge in [0.1, 0.15) is 0 Å². The molecule has 20 heavy (non-hydrogen) atoms. The summed E-state index contributed by atoms with van der Waals surface area (Å²) in [6.07, 6.45) is 8.11. The van der Waals surface area contributed by atoms with E-state index in [1.165, 1.54) is 51.6 Å². The van der Waals surface area contributed by atoms with E-state index in [-0.39, 0.29) is 0 Å². The number of rotatable bonds is 12. The first kappa shape index (κ1) is 22.2. The van der Waals surface area contributed by atoms with Crippen molar-refractivity contribution in [2.45, 2.75) is 80.1 Å². The Morgan fingerprint density at radius 3 is 1.30 bits per heavy atom. The average molecular weight is 287 g/mol. The Labute approximate surface area is 129 Å². The van der Waals surface area contributed by atoms with Crippen molar-refractivity contribution in [2.75, 3.05) is 26.2 Å². The summed E-state index contributed by atoms with van der Waals surface area (Å²) in [6.45, 7) is 18.2. The molecule has 0 radical (unpaired) electrons. The van der Waals surface area contributed by atoms with Crippen molar-refractivity contribution in [3.8, 4) is 0 Å². The van der Waals surface area contributed by atoms with Crippen LogP contribution in [0.2, 0.25) is 0 Å². The van der Waals surface area contributed by atoms with E-state index in [2.05, 4.69) is 52.2 Å². The van der Waals surface area contributed by atoms with Crippen molar-refractivity contribution < 1.29 is 0 Å². The highest BCUT2D eigenvalue weighted by atomic mass is 14.9. The normalized spacial score (nSPS) is 10.8. The molecule has 0 unspecified atom stereocenters. The zero-order chi connectivity index (χ0) is 15.6. The van der Waals surface area contributed by atoms with Crippen LogP contribution in [0, 0.1) is 11.8 Å². The third-order valence-corrected chi connectivity index (χ3v) is 3.02. The number of unbranched alkanes of at least 4 members (excludes halogenated alkanes) is 4. The fourth-order valence-corrected chi connectivity index (χ4v) is 1.79. The molecule has 0 spiro atoms. The second-order valence-corrected chi connectivity index (χ2v) is 6.61. The smallest absolute Gasteiger partial charge is 0.00257 e. The summed E-state index contributed by atoms with van der Waals surface area (Å²) in [6, 6.07) is 0. The van der Waals surface area contributed by atoms with Gasteiger partial charge in [-0.2, -0.15) is 0 Å². The molecule has 0 amide bonds. The van der Waals surface area contributed by atoms with Gasteiger partial charge in [0, 0.05) is 0 Å². The lowest BCUT2D eigenvalue weighted by molar-refractivity contribution is 0.497. The van der Waals surface area contributed by atoms with E-state index in [1.54, 1.807) is 0 Å². The third kappa shape index (κ3) is 26.5. The van der Waals surface area contributed by atoms with Crippen LogP contribution in [0.5, 0.6) is 0 Å². The highest BCUT2D eigenvalue weighted by molar-refractivity contribution is 4.53. The number of nitrogens with one attached hydrogen (secondary N) is 2. The molecule has 124 valence electrons. The van der Waals surface area contributed by atoms with Crippen LogP contribution in [0.25, 0.3) is 0 Å². The topological polar surface area (TPSA) is 24.1 Å². The Hall–Kier alpha value is -0.0800. The van der Waals surface area contributed by atoms with E-state index >= 15 is 0 Å². The van der Waals surface area contributed by atoms with E-state index < -0.39 is 0 Å². The monoisotopic (exact) mass is 286 g/mol. The fourth-order valence-electron chi connectivity index (χ4n) is 1.79. The summed E-state index contributed by atoms with van der Waals surface area (Å²) in [5, 5.41) is 6.84. The predicted octanol–water partition coefficient (Wildman–Crippen LogP) is 4.84. The van der Waals surface area contributed by atoms with Crippen LogP contribution >= 0.6 is 0 Å². The van der Waals surface area contributed by atoms with Crippen molar-refractivity contribution in [1.29, 1.82) is 0 Å². The second-order valence-electron chi connectivity index (χ2n) is 6.61. The molecule has 2 heteroatoms. The van der Waals surface area contributed by atoms with Crippen LogP contribution in [0.1, 0.15) is 80.1 Å².